The number of aromatic nitrogens is 6. The third-order valence-electron chi connectivity index (χ3n) is 10.6. The number of methoxy groups -OCH3 is 5. The van der Waals surface area contributed by atoms with E-state index in [0.29, 0.717) is 43.9 Å². The molecule has 0 fully saturated rings. The van der Waals surface area contributed by atoms with Crippen molar-refractivity contribution in [3.63, 3.8) is 0 Å². The van der Waals surface area contributed by atoms with E-state index in [1.165, 1.54) is 0 Å². The summed E-state index contributed by atoms with van der Waals surface area (Å²) in [4.78, 5) is 37.1. The van der Waals surface area contributed by atoms with Crippen molar-refractivity contribution < 1.29 is 53.0 Å². The van der Waals surface area contributed by atoms with Gasteiger partial charge in [0.2, 0.25) is 0 Å². The Morgan fingerprint density at radius 2 is 1.00 bits per heavy atom. The Morgan fingerprint density at radius 1 is 0.603 bits per heavy atom. The van der Waals surface area contributed by atoms with E-state index >= 15 is 0 Å². The molecule has 0 amide bonds. The van der Waals surface area contributed by atoms with Crippen LogP contribution >= 0.6 is 0 Å². The molecule has 8 rings (SSSR count). The summed E-state index contributed by atoms with van der Waals surface area (Å²) in [5.74, 6) is 2.94. The van der Waals surface area contributed by atoms with Gasteiger partial charge in [-0.2, -0.15) is 0 Å². The molecule has 4 aromatic heterocycles. The summed E-state index contributed by atoms with van der Waals surface area (Å²) >= 11 is 0. The van der Waals surface area contributed by atoms with Crippen molar-refractivity contribution in [2.24, 2.45) is 0 Å². The van der Waals surface area contributed by atoms with E-state index in [0.717, 1.165) is 67.2 Å². The second-order valence-corrected chi connectivity index (χ2v) is 17.5. The van der Waals surface area contributed by atoms with Crippen molar-refractivity contribution in [3.8, 4) is 28.7 Å². The molecule has 8 aromatic rings. The third kappa shape index (κ3) is 13.1. The molecule has 0 unspecified atom stereocenters. The molecule has 68 heavy (non-hydrogen) atoms. The zero-order valence-corrected chi connectivity index (χ0v) is 42.5. The Morgan fingerprint density at radius 3 is 1.41 bits per heavy atom. The van der Waals surface area contributed by atoms with Gasteiger partial charge in [0.1, 0.15) is 28.7 Å². The Bertz CT molecular complexity index is 2900. The van der Waals surface area contributed by atoms with Gasteiger partial charge in [-0.1, -0.05) is 36.4 Å². The normalized spacial score (nSPS) is 11.8. The molecule has 356 valence electrons. The van der Waals surface area contributed by atoms with Gasteiger partial charge in [0, 0.05) is 45.0 Å². The van der Waals surface area contributed by atoms with Crippen LogP contribution in [0.1, 0.15) is 52.0 Å². The van der Waals surface area contributed by atoms with Gasteiger partial charge in [-0.25, -0.2) is 0 Å². The van der Waals surface area contributed by atoms with E-state index in [1.807, 2.05) is 64.1 Å². The van der Waals surface area contributed by atoms with Gasteiger partial charge in [-0.05, 0) is 109 Å². The van der Waals surface area contributed by atoms with Crippen LogP contribution in [0, 0.1) is 27.7 Å². The number of carbonyl (C=O) groups is 1. The molecule has 0 aliphatic heterocycles. The molecule has 0 saturated carbocycles. The first-order chi connectivity index (χ1) is 31.2. The minimum atomic E-state index is -1.38. The maximum absolute atomic E-state index is 12.6. The van der Waals surface area contributed by atoms with Gasteiger partial charge in [0.15, 0.2) is 0 Å². The van der Waals surface area contributed by atoms with Crippen LogP contribution in [0.3, 0.4) is 0 Å². The van der Waals surface area contributed by atoms with Gasteiger partial charge in [-0.15, -0.1) is 0 Å². The number of fused-ring (bicyclic) bond motifs is 3. The van der Waals surface area contributed by atoms with Gasteiger partial charge in [0.05, 0.1) is 86.0 Å². The standard InChI is InChI=1S/2C17H18N3O3S.C14H14O3.Mg.2H2O/c2*1-10-8-18-15(11(2)16(10)23-4)9-24(21)17-19-13-6-5-12(22-3)7-14(13)20-17;1-9(14(15)16)10-3-4-12-8-13(17-2)6-5-11(12)7-10;;;/h2*5-8H,9H2,1-4H3;3-9H,1-2H3,(H,15,16);;2*1H2/q2*-1;;+2;;/t2*24-;9-;;;/m000.../s1. The SMILES string of the molecule is COc1ccc2[n-]c([S@@](=O)Cc3ncc(C)c(OC)c3C)nc2c1.COc1ccc2[n-]c([S@@](=O)Cc3ncc(C)c(OC)c3C)nc2c1.COc1ccc2cc([C@H](C)C(=O)O)ccc2c1.O.O.[Mg+2]. The predicted octanol–water partition coefficient (Wildman–Crippen LogP) is 6.06. The number of benzene rings is 4. The Labute approximate surface area is 415 Å². The fourth-order valence-electron chi connectivity index (χ4n) is 6.89. The number of rotatable bonds is 13. The number of ether oxygens (including phenoxy) is 5. The summed E-state index contributed by atoms with van der Waals surface area (Å²) in [6.45, 7) is 9.38. The zero-order valence-electron chi connectivity index (χ0n) is 39.5. The van der Waals surface area contributed by atoms with Crippen LogP contribution in [0.2, 0.25) is 0 Å². The maximum atomic E-state index is 12.6. The van der Waals surface area contributed by atoms with Gasteiger partial charge >= 0.3 is 29.0 Å². The van der Waals surface area contributed by atoms with Crippen molar-refractivity contribution in [3.05, 3.63) is 124 Å². The van der Waals surface area contributed by atoms with E-state index in [2.05, 4.69) is 29.9 Å². The number of hydrogen-bond donors (Lipinski definition) is 1. The molecule has 0 aliphatic carbocycles. The number of carboxylic acid groups (broad SMARTS) is 1. The van der Waals surface area contributed by atoms with E-state index in [4.69, 9.17) is 28.8 Å². The molecule has 0 radical (unpaired) electrons. The average molecular weight is 979 g/mol. The molecule has 0 saturated heterocycles. The van der Waals surface area contributed by atoms with E-state index in [9.17, 15) is 13.2 Å². The molecular formula is C48H54MgN6O11S2. The summed E-state index contributed by atoms with van der Waals surface area (Å²) in [5, 5.41) is 11.7. The topological polar surface area (TPSA) is 260 Å². The van der Waals surface area contributed by atoms with Gasteiger partial charge in [0.25, 0.3) is 0 Å². The molecular weight excluding hydrogens is 925 g/mol. The maximum Gasteiger partial charge on any atom is 2.00 e. The molecule has 4 aromatic carbocycles. The van der Waals surface area contributed by atoms with E-state index in [1.54, 1.807) is 91.3 Å². The van der Waals surface area contributed by atoms with Gasteiger partial charge in [-0.3, -0.25) is 23.2 Å². The molecule has 20 heteroatoms. The number of pyridine rings is 2. The van der Waals surface area contributed by atoms with E-state index < -0.39 is 33.5 Å². The second-order valence-electron chi connectivity index (χ2n) is 14.8. The summed E-state index contributed by atoms with van der Waals surface area (Å²) in [7, 11) is 5.29. The van der Waals surface area contributed by atoms with Crippen molar-refractivity contribution in [2.75, 3.05) is 35.5 Å². The Balaban J connectivity index is 0.000000269. The number of hydrogen-bond acceptors (Lipinski definition) is 12. The first-order valence-corrected chi connectivity index (χ1v) is 22.8. The number of nitrogens with zero attached hydrogens (tertiary/aromatic N) is 6. The Kier molecular flexibility index (Phi) is 20.9. The van der Waals surface area contributed by atoms with Crippen molar-refractivity contribution in [1.29, 1.82) is 0 Å². The minimum Gasteiger partial charge on any atom is -0.497 e. The van der Waals surface area contributed by atoms with Crippen molar-refractivity contribution in [1.82, 2.24) is 29.9 Å². The fourth-order valence-corrected chi connectivity index (χ4v) is 9.02. The largest absolute Gasteiger partial charge is 2.00 e. The number of carboxylic acids is 1. The molecule has 5 N–H and O–H groups in total. The van der Waals surface area contributed by atoms with Crippen LogP contribution in [0.4, 0.5) is 0 Å². The van der Waals surface area contributed by atoms with E-state index in [-0.39, 0.29) is 45.5 Å². The quantitative estimate of drug-likeness (QED) is 0.129. The Hall–Kier alpha value is -6.16. The van der Waals surface area contributed by atoms with Crippen LogP contribution in [0.5, 0.6) is 28.7 Å². The van der Waals surface area contributed by atoms with Crippen LogP contribution in [0.15, 0.2) is 95.5 Å². The molecule has 3 atom stereocenters. The van der Waals surface area contributed by atoms with Crippen LogP contribution in [0.25, 0.3) is 32.8 Å². The fraction of sp³-hybridized carbons (Fsp3) is 0.271. The summed E-state index contributed by atoms with van der Waals surface area (Å²) in [6, 6.07) is 22.2. The summed E-state index contributed by atoms with van der Waals surface area (Å²) < 4.78 is 51.6. The zero-order chi connectivity index (χ0) is 46.9. The van der Waals surface area contributed by atoms with Crippen molar-refractivity contribution in [2.45, 2.75) is 62.4 Å². The number of aliphatic carboxylic acids is 1. The minimum absolute atomic E-state index is 0. The smallest absolute Gasteiger partial charge is 0.497 e. The average Bonchev–Trinajstić information content (AvgIpc) is 3.95. The van der Waals surface area contributed by atoms with Gasteiger partial charge < -0.3 is 59.7 Å². The first-order valence-electron chi connectivity index (χ1n) is 20.2. The molecule has 4 heterocycles. The molecule has 0 spiro atoms. The monoisotopic (exact) mass is 978 g/mol. The third-order valence-corrected chi connectivity index (χ3v) is 12.9. The molecule has 0 bridgehead atoms. The summed E-state index contributed by atoms with van der Waals surface area (Å²) in [5.41, 5.74) is 8.69. The second kappa shape index (κ2) is 25.3. The van der Waals surface area contributed by atoms with Crippen LogP contribution < -0.4 is 33.7 Å². The van der Waals surface area contributed by atoms with Crippen LogP contribution in [-0.2, 0) is 37.9 Å². The predicted molar refractivity (Wildman–Crippen MR) is 264 cm³/mol. The number of imidazole rings is 2. The van der Waals surface area contributed by atoms with Crippen molar-refractivity contribution >= 4 is 83.5 Å². The van der Waals surface area contributed by atoms with Crippen LogP contribution in [-0.4, -0.2) is 109 Å². The first kappa shape index (κ1) is 56.2. The summed E-state index contributed by atoms with van der Waals surface area (Å²) in [6.07, 6.45) is 3.46. The molecule has 17 nitrogen and oxygen atoms in total. The number of aryl methyl sites for hydroxylation is 2. The molecule has 0 aliphatic rings.